The SMILES string of the molecule is O[C@@H]1CCCC[C@H]1Nc1c(Cl)cc(Br)cc1Cl. The van der Waals surface area contributed by atoms with Crippen molar-refractivity contribution in [2.24, 2.45) is 0 Å². The molecule has 1 saturated carbocycles. The molecule has 5 heteroatoms. The molecule has 0 aromatic heterocycles. The second kappa shape index (κ2) is 5.79. The predicted molar refractivity (Wildman–Crippen MR) is 76.0 cm³/mol. The number of nitrogens with one attached hydrogen (secondary N) is 1. The topological polar surface area (TPSA) is 32.3 Å². The number of rotatable bonds is 2. The molecule has 0 radical (unpaired) electrons. The number of hydrogen-bond acceptors (Lipinski definition) is 2. The maximum absolute atomic E-state index is 9.91. The minimum absolute atomic E-state index is 0.0416. The second-order valence-corrected chi connectivity index (χ2v) is 6.08. The summed E-state index contributed by atoms with van der Waals surface area (Å²) < 4.78 is 0.849. The highest BCUT2D eigenvalue weighted by Gasteiger charge is 2.24. The maximum atomic E-state index is 9.91. The first kappa shape index (κ1) is 13.5. The van der Waals surface area contributed by atoms with Gasteiger partial charge in [-0.25, -0.2) is 0 Å². The Hall–Kier alpha value is 0.0400. The van der Waals surface area contributed by atoms with Crippen molar-refractivity contribution in [3.05, 3.63) is 26.7 Å². The monoisotopic (exact) mass is 337 g/mol. The Morgan fingerprint density at radius 1 is 1.18 bits per heavy atom. The summed E-state index contributed by atoms with van der Waals surface area (Å²) in [6.07, 6.45) is 3.68. The molecule has 0 heterocycles. The molecule has 0 amide bonds. The number of anilines is 1. The van der Waals surface area contributed by atoms with Crippen molar-refractivity contribution in [1.82, 2.24) is 0 Å². The minimum Gasteiger partial charge on any atom is -0.391 e. The quantitative estimate of drug-likeness (QED) is 0.833. The van der Waals surface area contributed by atoms with E-state index in [0.29, 0.717) is 15.7 Å². The number of hydrogen-bond donors (Lipinski definition) is 2. The molecule has 2 N–H and O–H groups in total. The summed E-state index contributed by atoms with van der Waals surface area (Å²) in [5, 5.41) is 14.3. The summed E-state index contributed by atoms with van der Waals surface area (Å²) in [5.41, 5.74) is 0.711. The van der Waals surface area contributed by atoms with E-state index >= 15 is 0 Å². The fraction of sp³-hybridized carbons (Fsp3) is 0.500. The van der Waals surface area contributed by atoms with Gasteiger partial charge >= 0.3 is 0 Å². The molecular formula is C12H14BrCl2NO. The van der Waals surface area contributed by atoms with Gasteiger partial charge in [-0.2, -0.15) is 0 Å². The fourth-order valence-corrected chi connectivity index (χ4v) is 3.46. The number of aliphatic hydroxyl groups excluding tert-OH is 1. The lowest BCUT2D eigenvalue weighted by Crippen LogP contribution is -2.36. The van der Waals surface area contributed by atoms with Crippen LogP contribution in [0.25, 0.3) is 0 Å². The Bertz CT molecular complexity index is 390. The molecular weight excluding hydrogens is 325 g/mol. The van der Waals surface area contributed by atoms with Gasteiger partial charge in [-0.15, -0.1) is 0 Å². The molecule has 2 rings (SSSR count). The Morgan fingerprint density at radius 3 is 2.35 bits per heavy atom. The van der Waals surface area contributed by atoms with Crippen LogP contribution in [0.4, 0.5) is 5.69 Å². The van der Waals surface area contributed by atoms with Gasteiger partial charge in [0, 0.05) is 4.47 Å². The Labute approximate surface area is 119 Å². The van der Waals surface area contributed by atoms with Crippen molar-refractivity contribution in [2.75, 3.05) is 5.32 Å². The van der Waals surface area contributed by atoms with E-state index < -0.39 is 0 Å². The van der Waals surface area contributed by atoms with Gasteiger partial charge in [0.1, 0.15) is 0 Å². The standard InChI is InChI=1S/C12H14BrCl2NO/c13-7-5-8(14)12(9(15)6-7)16-10-3-1-2-4-11(10)17/h5-6,10-11,16-17H,1-4H2/t10-,11-/m1/s1. The van der Waals surface area contributed by atoms with E-state index in [1.165, 1.54) is 0 Å². The Morgan fingerprint density at radius 2 is 1.76 bits per heavy atom. The van der Waals surface area contributed by atoms with Crippen molar-refractivity contribution in [2.45, 2.75) is 37.8 Å². The van der Waals surface area contributed by atoms with Crippen LogP contribution in [-0.2, 0) is 0 Å². The van der Waals surface area contributed by atoms with Crippen LogP contribution in [0.1, 0.15) is 25.7 Å². The third kappa shape index (κ3) is 3.28. The molecule has 2 atom stereocenters. The normalized spacial score (nSPS) is 24.7. The molecule has 0 saturated heterocycles. The summed E-state index contributed by atoms with van der Waals surface area (Å²) in [7, 11) is 0. The zero-order valence-corrected chi connectivity index (χ0v) is 12.3. The van der Waals surface area contributed by atoms with Gasteiger partial charge in [-0.3, -0.25) is 0 Å². The lowest BCUT2D eigenvalue weighted by Gasteiger charge is -2.29. The molecule has 2 nitrogen and oxygen atoms in total. The van der Waals surface area contributed by atoms with Crippen molar-refractivity contribution in [3.8, 4) is 0 Å². The smallest absolute Gasteiger partial charge is 0.0741 e. The van der Waals surface area contributed by atoms with E-state index in [1.54, 1.807) is 12.1 Å². The average molecular weight is 339 g/mol. The zero-order valence-electron chi connectivity index (χ0n) is 9.22. The summed E-state index contributed by atoms with van der Waals surface area (Å²) in [5.74, 6) is 0. The number of benzene rings is 1. The lowest BCUT2D eigenvalue weighted by molar-refractivity contribution is 0.116. The van der Waals surface area contributed by atoms with Crippen molar-refractivity contribution in [3.63, 3.8) is 0 Å². The van der Waals surface area contributed by atoms with Gasteiger partial charge in [-0.05, 0) is 25.0 Å². The second-order valence-electron chi connectivity index (χ2n) is 4.35. The molecule has 94 valence electrons. The molecule has 0 bridgehead atoms. The first-order valence-corrected chi connectivity index (χ1v) is 7.22. The largest absolute Gasteiger partial charge is 0.391 e. The Balaban J connectivity index is 2.17. The van der Waals surface area contributed by atoms with Crippen LogP contribution in [0.5, 0.6) is 0 Å². The summed E-state index contributed by atoms with van der Waals surface area (Å²) in [4.78, 5) is 0. The van der Waals surface area contributed by atoms with Gasteiger partial charge in [0.2, 0.25) is 0 Å². The Kier molecular flexibility index (Phi) is 4.59. The first-order valence-electron chi connectivity index (χ1n) is 5.67. The van der Waals surface area contributed by atoms with E-state index in [4.69, 9.17) is 23.2 Å². The highest BCUT2D eigenvalue weighted by molar-refractivity contribution is 9.10. The van der Waals surface area contributed by atoms with Crippen LogP contribution < -0.4 is 5.32 Å². The first-order chi connectivity index (χ1) is 8.08. The van der Waals surface area contributed by atoms with Gasteiger partial charge < -0.3 is 10.4 Å². The van der Waals surface area contributed by atoms with E-state index in [9.17, 15) is 5.11 Å². The van der Waals surface area contributed by atoms with Gasteiger partial charge in [-0.1, -0.05) is 52.0 Å². The van der Waals surface area contributed by atoms with Crippen LogP contribution in [0, 0.1) is 0 Å². The lowest BCUT2D eigenvalue weighted by atomic mass is 9.92. The fourth-order valence-electron chi connectivity index (χ4n) is 2.15. The summed E-state index contributed by atoms with van der Waals surface area (Å²) >= 11 is 15.6. The van der Waals surface area contributed by atoms with Crippen LogP contribution in [0.3, 0.4) is 0 Å². The summed E-state index contributed by atoms with van der Waals surface area (Å²) in [6.45, 7) is 0. The molecule has 1 aromatic rings. The molecule has 1 aromatic carbocycles. The average Bonchev–Trinajstić information content (AvgIpc) is 2.25. The molecule has 1 aliphatic rings. The molecule has 0 unspecified atom stereocenters. The van der Waals surface area contributed by atoms with E-state index in [-0.39, 0.29) is 12.1 Å². The molecule has 1 aliphatic carbocycles. The van der Waals surface area contributed by atoms with Gasteiger partial charge in [0.25, 0.3) is 0 Å². The third-order valence-corrected chi connectivity index (χ3v) is 4.12. The highest BCUT2D eigenvalue weighted by atomic mass is 79.9. The number of aliphatic hydroxyl groups is 1. The van der Waals surface area contributed by atoms with E-state index in [2.05, 4.69) is 21.2 Å². The molecule has 0 aliphatic heterocycles. The van der Waals surface area contributed by atoms with Crippen LogP contribution in [0.15, 0.2) is 16.6 Å². The highest BCUT2D eigenvalue weighted by Crippen LogP contribution is 2.35. The van der Waals surface area contributed by atoms with Gasteiger partial charge in [0.15, 0.2) is 0 Å². The molecule has 17 heavy (non-hydrogen) atoms. The van der Waals surface area contributed by atoms with Crippen molar-refractivity contribution >= 4 is 44.8 Å². The maximum Gasteiger partial charge on any atom is 0.0741 e. The predicted octanol–water partition coefficient (Wildman–Crippen LogP) is 4.47. The van der Waals surface area contributed by atoms with Crippen molar-refractivity contribution in [1.29, 1.82) is 0 Å². The van der Waals surface area contributed by atoms with Crippen molar-refractivity contribution < 1.29 is 5.11 Å². The van der Waals surface area contributed by atoms with E-state index in [0.717, 1.165) is 30.2 Å². The third-order valence-electron chi connectivity index (χ3n) is 3.07. The minimum atomic E-state index is -0.320. The van der Waals surface area contributed by atoms with E-state index in [1.807, 2.05) is 0 Å². The zero-order chi connectivity index (χ0) is 12.4. The summed E-state index contributed by atoms with van der Waals surface area (Å²) in [6, 6.07) is 3.63. The number of halogens is 3. The van der Waals surface area contributed by atoms with Gasteiger partial charge in [0.05, 0.1) is 27.9 Å². The van der Waals surface area contributed by atoms with Crippen LogP contribution >= 0.6 is 39.1 Å². The van der Waals surface area contributed by atoms with Crippen LogP contribution in [-0.4, -0.2) is 17.3 Å². The van der Waals surface area contributed by atoms with Crippen LogP contribution in [0.2, 0.25) is 10.0 Å². The molecule has 1 fully saturated rings. The molecule has 0 spiro atoms.